The Labute approximate surface area is 142 Å². The van der Waals surface area contributed by atoms with E-state index in [4.69, 9.17) is 0 Å². The highest BCUT2D eigenvalue weighted by Gasteiger charge is 2.36. The predicted molar refractivity (Wildman–Crippen MR) is 94.7 cm³/mol. The van der Waals surface area contributed by atoms with Crippen molar-refractivity contribution in [2.75, 3.05) is 22.9 Å². The van der Waals surface area contributed by atoms with Crippen LogP contribution in [0.1, 0.15) is 40.2 Å². The zero-order valence-corrected chi connectivity index (χ0v) is 14.4. The number of para-hydroxylation sites is 1. The highest BCUT2D eigenvalue weighted by molar-refractivity contribution is 6.09. The molecule has 2 aromatic rings. The number of hydrogen-bond acceptors (Lipinski definition) is 4. The van der Waals surface area contributed by atoms with Gasteiger partial charge in [-0.15, -0.1) is 0 Å². The monoisotopic (exact) mass is 322 g/mol. The van der Waals surface area contributed by atoms with Crippen molar-refractivity contribution in [3.05, 3.63) is 46.8 Å². The Kier molecular flexibility index (Phi) is 3.52. The lowest BCUT2D eigenvalue weighted by molar-refractivity contribution is 0.0985. The van der Waals surface area contributed by atoms with Crippen molar-refractivity contribution in [3.8, 4) is 0 Å². The van der Waals surface area contributed by atoms with Crippen molar-refractivity contribution in [1.29, 1.82) is 0 Å². The predicted octanol–water partition coefficient (Wildman–Crippen LogP) is 3.03. The van der Waals surface area contributed by atoms with Gasteiger partial charge in [-0.1, -0.05) is 12.1 Å². The molecule has 1 fully saturated rings. The molecule has 124 valence electrons. The lowest BCUT2D eigenvalue weighted by Gasteiger charge is -2.39. The smallest absolute Gasteiger partial charge is 0.260 e. The molecule has 0 saturated heterocycles. The van der Waals surface area contributed by atoms with E-state index >= 15 is 0 Å². The molecule has 1 aliphatic heterocycles. The van der Waals surface area contributed by atoms with Crippen molar-refractivity contribution in [1.82, 2.24) is 10.2 Å². The van der Waals surface area contributed by atoms with Gasteiger partial charge in [-0.2, -0.15) is 10.2 Å². The number of anilines is 2. The summed E-state index contributed by atoms with van der Waals surface area (Å²) in [5, 5.41) is 8.15. The van der Waals surface area contributed by atoms with E-state index in [-0.39, 0.29) is 5.91 Å². The zero-order chi connectivity index (χ0) is 16.8. The second kappa shape index (κ2) is 5.58. The van der Waals surface area contributed by atoms with Crippen molar-refractivity contribution >= 4 is 17.3 Å². The molecular weight excluding hydrogens is 300 g/mol. The molecule has 0 radical (unpaired) electrons. The summed E-state index contributed by atoms with van der Waals surface area (Å²) >= 11 is 0. The SMILES string of the molecule is Cc1cc(C(=O)N2CCN(C3CC3)c3c(C)cccc32)c(C)nn1. The summed E-state index contributed by atoms with van der Waals surface area (Å²) in [7, 11) is 0. The van der Waals surface area contributed by atoms with Crippen molar-refractivity contribution in [2.45, 2.75) is 39.7 Å². The Balaban J connectivity index is 1.77. The number of aryl methyl sites for hydroxylation is 3. The first kappa shape index (κ1) is 15.1. The highest BCUT2D eigenvalue weighted by atomic mass is 16.2. The maximum absolute atomic E-state index is 13.2. The molecule has 0 atom stereocenters. The van der Waals surface area contributed by atoms with Crippen LogP contribution in [0.25, 0.3) is 0 Å². The molecule has 4 rings (SSSR count). The van der Waals surface area contributed by atoms with E-state index in [1.54, 1.807) is 0 Å². The molecule has 2 aliphatic rings. The molecule has 5 heteroatoms. The molecule has 1 aromatic carbocycles. The zero-order valence-electron chi connectivity index (χ0n) is 14.4. The quantitative estimate of drug-likeness (QED) is 0.853. The molecule has 1 saturated carbocycles. The third-order valence-corrected chi connectivity index (χ3v) is 4.92. The average molecular weight is 322 g/mol. The minimum atomic E-state index is 0.0211. The first-order chi connectivity index (χ1) is 11.6. The number of benzene rings is 1. The summed E-state index contributed by atoms with van der Waals surface area (Å²) in [6, 6.07) is 8.71. The number of amides is 1. The first-order valence-corrected chi connectivity index (χ1v) is 8.55. The van der Waals surface area contributed by atoms with Crippen molar-refractivity contribution < 1.29 is 4.79 Å². The lowest BCUT2D eigenvalue weighted by atomic mass is 10.1. The van der Waals surface area contributed by atoms with Gasteiger partial charge < -0.3 is 9.80 Å². The average Bonchev–Trinajstić information content (AvgIpc) is 3.41. The lowest BCUT2D eigenvalue weighted by Crippen LogP contribution is -2.45. The van der Waals surface area contributed by atoms with E-state index in [1.807, 2.05) is 30.9 Å². The summed E-state index contributed by atoms with van der Waals surface area (Å²) < 4.78 is 0. The minimum Gasteiger partial charge on any atom is -0.365 e. The second-order valence-electron chi connectivity index (χ2n) is 6.81. The number of carbonyl (C=O) groups is 1. The van der Waals surface area contributed by atoms with Crippen LogP contribution in [0.15, 0.2) is 24.3 Å². The molecule has 0 spiro atoms. The van der Waals surface area contributed by atoms with Crippen LogP contribution < -0.4 is 9.80 Å². The number of fused-ring (bicyclic) bond motifs is 1. The van der Waals surface area contributed by atoms with Gasteiger partial charge in [0.2, 0.25) is 0 Å². The Hall–Kier alpha value is -2.43. The van der Waals surface area contributed by atoms with Crippen molar-refractivity contribution in [3.63, 3.8) is 0 Å². The fraction of sp³-hybridized carbons (Fsp3) is 0.421. The fourth-order valence-corrected chi connectivity index (χ4v) is 3.55. The summed E-state index contributed by atoms with van der Waals surface area (Å²) in [5.41, 5.74) is 5.57. The number of aromatic nitrogens is 2. The maximum atomic E-state index is 13.2. The van der Waals surface area contributed by atoms with Gasteiger partial charge in [0.1, 0.15) is 0 Å². The second-order valence-corrected chi connectivity index (χ2v) is 6.81. The standard InChI is InChI=1S/C19H22N4O/c1-12-5-4-6-17-18(12)22(15-7-8-15)9-10-23(17)19(24)16-11-13(2)20-21-14(16)3/h4-6,11,15H,7-10H2,1-3H3. The van der Waals surface area contributed by atoms with Gasteiger partial charge in [-0.25, -0.2) is 0 Å². The number of nitrogens with zero attached hydrogens (tertiary/aromatic N) is 4. The van der Waals surface area contributed by atoms with Gasteiger partial charge in [0.05, 0.1) is 28.3 Å². The van der Waals surface area contributed by atoms with E-state index < -0.39 is 0 Å². The van der Waals surface area contributed by atoms with Crippen LogP contribution in [-0.2, 0) is 0 Å². The molecule has 0 bridgehead atoms. The number of carbonyl (C=O) groups excluding carboxylic acids is 1. The van der Waals surface area contributed by atoms with Gasteiger partial charge in [0.25, 0.3) is 5.91 Å². The van der Waals surface area contributed by atoms with Gasteiger partial charge >= 0.3 is 0 Å². The van der Waals surface area contributed by atoms with E-state index in [9.17, 15) is 4.79 Å². The molecular formula is C19H22N4O. The Morgan fingerprint density at radius 3 is 2.67 bits per heavy atom. The first-order valence-electron chi connectivity index (χ1n) is 8.55. The van der Waals surface area contributed by atoms with Crippen LogP contribution in [0.3, 0.4) is 0 Å². The molecule has 5 nitrogen and oxygen atoms in total. The molecule has 24 heavy (non-hydrogen) atoms. The molecule has 0 N–H and O–H groups in total. The van der Waals surface area contributed by atoms with E-state index in [1.165, 1.54) is 24.1 Å². The van der Waals surface area contributed by atoms with Gasteiger partial charge in [-0.05, 0) is 51.3 Å². The fourth-order valence-electron chi connectivity index (χ4n) is 3.55. The van der Waals surface area contributed by atoms with E-state index in [0.29, 0.717) is 23.8 Å². The molecule has 1 amide bonds. The minimum absolute atomic E-state index is 0.0211. The Bertz CT molecular complexity index is 813. The van der Waals surface area contributed by atoms with E-state index in [2.05, 4.69) is 34.2 Å². The number of hydrogen-bond donors (Lipinski definition) is 0. The van der Waals surface area contributed by atoms with Crippen LogP contribution >= 0.6 is 0 Å². The van der Waals surface area contributed by atoms with E-state index in [0.717, 1.165) is 17.9 Å². The van der Waals surface area contributed by atoms with Gasteiger partial charge in [0.15, 0.2) is 0 Å². The van der Waals surface area contributed by atoms with Gasteiger partial charge in [-0.3, -0.25) is 4.79 Å². The van der Waals surface area contributed by atoms with Crippen LogP contribution in [0.5, 0.6) is 0 Å². The molecule has 0 unspecified atom stereocenters. The van der Waals surface area contributed by atoms with Crippen molar-refractivity contribution in [2.24, 2.45) is 0 Å². The summed E-state index contributed by atoms with van der Waals surface area (Å²) in [6.07, 6.45) is 2.52. The van der Waals surface area contributed by atoms with Gasteiger partial charge in [0, 0.05) is 19.1 Å². The summed E-state index contributed by atoms with van der Waals surface area (Å²) in [5.74, 6) is 0.0211. The third-order valence-electron chi connectivity index (χ3n) is 4.92. The van der Waals surface area contributed by atoms with Crippen LogP contribution in [0.4, 0.5) is 11.4 Å². The Morgan fingerprint density at radius 1 is 1.12 bits per heavy atom. The third kappa shape index (κ3) is 2.44. The normalized spacial score (nSPS) is 17.0. The summed E-state index contributed by atoms with van der Waals surface area (Å²) in [6.45, 7) is 7.45. The van der Waals surface area contributed by atoms with Crippen LogP contribution in [-0.4, -0.2) is 35.2 Å². The topological polar surface area (TPSA) is 49.3 Å². The molecule has 1 aromatic heterocycles. The highest BCUT2D eigenvalue weighted by Crippen LogP contribution is 2.42. The molecule has 2 heterocycles. The maximum Gasteiger partial charge on any atom is 0.260 e. The molecule has 1 aliphatic carbocycles. The Morgan fingerprint density at radius 2 is 1.92 bits per heavy atom. The number of rotatable bonds is 2. The van der Waals surface area contributed by atoms with Crippen LogP contribution in [0.2, 0.25) is 0 Å². The largest absolute Gasteiger partial charge is 0.365 e. The van der Waals surface area contributed by atoms with Crippen LogP contribution in [0, 0.1) is 20.8 Å². The summed E-state index contributed by atoms with van der Waals surface area (Å²) in [4.78, 5) is 17.6.